The predicted molar refractivity (Wildman–Crippen MR) is 111 cm³/mol. The van der Waals surface area contributed by atoms with Crippen molar-refractivity contribution < 1.29 is 9.84 Å². The van der Waals surface area contributed by atoms with Crippen LogP contribution in [0.1, 0.15) is 12.5 Å². The Morgan fingerprint density at radius 2 is 1.86 bits per heavy atom. The molecule has 0 unspecified atom stereocenters. The molecule has 2 aromatic heterocycles. The average molecular weight is 374 g/mol. The molecule has 4 rings (SSSR count). The molecule has 0 aliphatic carbocycles. The molecule has 4 aromatic rings. The summed E-state index contributed by atoms with van der Waals surface area (Å²) in [6.07, 6.45) is 2.71. The molecule has 3 N–H and O–H groups in total. The van der Waals surface area contributed by atoms with E-state index in [4.69, 9.17) is 9.84 Å². The number of imidazole rings is 1. The van der Waals surface area contributed by atoms with E-state index in [0.29, 0.717) is 11.4 Å². The van der Waals surface area contributed by atoms with E-state index in [1.165, 1.54) is 5.56 Å². The number of anilines is 2. The number of nitrogens with one attached hydrogen (secondary N) is 2. The minimum atomic E-state index is -0.00602. The first kappa shape index (κ1) is 18.0. The van der Waals surface area contributed by atoms with Crippen LogP contribution in [0, 0.1) is 0 Å². The molecule has 6 heteroatoms. The molecule has 0 saturated heterocycles. The van der Waals surface area contributed by atoms with Gasteiger partial charge in [-0.1, -0.05) is 25.1 Å². The minimum absolute atomic E-state index is 0.00602. The molecule has 0 radical (unpaired) electrons. The highest BCUT2D eigenvalue weighted by Gasteiger charge is 2.11. The number of aryl methyl sites for hydroxylation is 1. The zero-order valence-electron chi connectivity index (χ0n) is 15.6. The van der Waals surface area contributed by atoms with Gasteiger partial charge in [-0.3, -0.25) is 0 Å². The van der Waals surface area contributed by atoms with Crippen LogP contribution in [-0.2, 0) is 6.42 Å². The Morgan fingerprint density at radius 3 is 2.64 bits per heavy atom. The van der Waals surface area contributed by atoms with Gasteiger partial charge in [0.15, 0.2) is 5.65 Å². The van der Waals surface area contributed by atoms with E-state index in [2.05, 4.69) is 39.3 Å². The van der Waals surface area contributed by atoms with Gasteiger partial charge in [0.2, 0.25) is 0 Å². The summed E-state index contributed by atoms with van der Waals surface area (Å²) in [5.74, 6) is 1.46. The SMILES string of the molecule is CCc1ccccc1Nc1ccnc2nc(-c3ccc(OCCO)cc3)[nH]c12. The highest BCUT2D eigenvalue weighted by atomic mass is 16.5. The molecule has 0 spiro atoms. The lowest BCUT2D eigenvalue weighted by Gasteiger charge is -2.11. The molecule has 0 atom stereocenters. The fourth-order valence-corrected chi connectivity index (χ4v) is 3.12. The molecule has 0 bridgehead atoms. The van der Waals surface area contributed by atoms with Crippen LogP contribution in [0.5, 0.6) is 5.75 Å². The first-order valence-corrected chi connectivity index (χ1v) is 9.32. The maximum atomic E-state index is 8.85. The van der Waals surface area contributed by atoms with E-state index in [1.807, 2.05) is 42.5 Å². The topological polar surface area (TPSA) is 83.1 Å². The van der Waals surface area contributed by atoms with Gasteiger partial charge in [0.25, 0.3) is 0 Å². The van der Waals surface area contributed by atoms with Gasteiger partial charge in [-0.2, -0.15) is 0 Å². The molecule has 0 aliphatic heterocycles. The van der Waals surface area contributed by atoms with Crippen molar-refractivity contribution in [2.24, 2.45) is 0 Å². The summed E-state index contributed by atoms with van der Waals surface area (Å²) in [5.41, 5.74) is 5.74. The van der Waals surface area contributed by atoms with Crippen LogP contribution in [-0.4, -0.2) is 33.3 Å². The second-order valence-corrected chi connectivity index (χ2v) is 6.37. The van der Waals surface area contributed by atoms with Crippen LogP contribution in [0.25, 0.3) is 22.6 Å². The summed E-state index contributed by atoms with van der Waals surface area (Å²) in [6.45, 7) is 2.42. The van der Waals surface area contributed by atoms with Gasteiger partial charge in [-0.25, -0.2) is 9.97 Å². The second kappa shape index (κ2) is 8.10. The lowest BCUT2D eigenvalue weighted by atomic mass is 10.1. The first-order chi connectivity index (χ1) is 13.8. The molecule has 2 heterocycles. The lowest BCUT2D eigenvalue weighted by molar-refractivity contribution is 0.201. The van der Waals surface area contributed by atoms with Crippen molar-refractivity contribution in [3.63, 3.8) is 0 Å². The van der Waals surface area contributed by atoms with Crippen LogP contribution < -0.4 is 10.1 Å². The van der Waals surface area contributed by atoms with Gasteiger partial charge < -0.3 is 20.1 Å². The Balaban J connectivity index is 1.65. The van der Waals surface area contributed by atoms with Gasteiger partial charge in [0.05, 0.1) is 12.3 Å². The molecule has 0 aliphatic rings. The highest BCUT2D eigenvalue weighted by molar-refractivity contribution is 5.90. The molecular weight excluding hydrogens is 352 g/mol. The Kier molecular flexibility index (Phi) is 5.21. The van der Waals surface area contributed by atoms with E-state index < -0.39 is 0 Å². The number of nitrogens with zero attached hydrogens (tertiary/aromatic N) is 2. The Hall–Kier alpha value is -3.38. The molecule has 142 valence electrons. The van der Waals surface area contributed by atoms with Crippen molar-refractivity contribution in [3.05, 3.63) is 66.4 Å². The van der Waals surface area contributed by atoms with E-state index in [1.54, 1.807) is 6.20 Å². The van der Waals surface area contributed by atoms with E-state index >= 15 is 0 Å². The van der Waals surface area contributed by atoms with Crippen molar-refractivity contribution in [3.8, 4) is 17.1 Å². The standard InChI is InChI=1S/C22H22N4O2/c1-2-15-5-3-4-6-18(15)24-19-11-12-23-22-20(19)25-21(26-22)16-7-9-17(10-8-16)28-14-13-27/h3-12,27H,2,13-14H2,1H3,(H2,23,24,25,26). The number of rotatable bonds is 7. The third-order valence-electron chi connectivity index (χ3n) is 4.55. The van der Waals surface area contributed by atoms with Gasteiger partial charge in [-0.05, 0) is 48.4 Å². The number of pyridine rings is 1. The first-order valence-electron chi connectivity index (χ1n) is 9.32. The van der Waals surface area contributed by atoms with Crippen molar-refractivity contribution in [2.75, 3.05) is 18.5 Å². The number of para-hydroxylation sites is 1. The molecule has 28 heavy (non-hydrogen) atoms. The molecule has 0 amide bonds. The molecule has 0 fully saturated rings. The maximum absolute atomic E-state index is 8.85. The smallest absolute Gasteiger partial charge is 0.180 e. The number of aromatic amines is 1. The van der Waals surface area contributed by atoms with Crippen LogP contribution in [0.3, 0.4) is 0 Å². The Labute approximate surface area is 163 Å². The number of ether oxygens (including phenoxy) is 1. The van der Waals surface area contributed by atoms with E-state index in [-0.39, 0.29) is 13.2 Å². The van der Waals surface area contributed by atoms with Crippen LogP contribution >= 0.6 is 0 Å². The van der Waals surface area contributed by atoms with Crippen molar-refractivity contribution >= 4 is 22.5 Å². The number of aliphatic hydroxyl groups excluding tert-OH is 1. The molecular formula is C22H22N4O2. The fourth-order valence-electron chi connectivity index (χ4n) is 3.12. The third kappa shape index (κ3) is 3.68. The van der Waals surface area contributed by atoms with E-state index in [9.17, 15) is 0 Å². The summed E-state index contributed by atoms with van der Waals surface area (Å²) in [4.78, 5) is 12.4. The van der Waals surface area contributed by atoms with Crippen LogP contribution in [0.15, 0.2) is 60.8 Å². The summed E-state index contributed by atoms with van der Waals surface area (Å²) in [7, 11) is 0. The summed E-state index contributed by atoms with van der Waals surface area (Å²) in [6, 6.07) is 17.8. The largest absolute Gasteiger partial charge is 0.491 e. The minimum Gasteiger partial charge on any atom is -0.491 e. The normalized spacial score (nSPS) is 10.9. The van der Waals surface area contributed by atoms with Crippen LogP contribution in [0.2, 0.25) is 0 Å². The monoisotopic (exact) mass is 374 g/mol. The van der Waals surface area contributed by atoms with Gasteiger partial charge >= 0.3 is 0 Å². The van der Waals surface area contributed by atoms with Crippen molar-refractivity contribution in [1.82, 2.24) is 15.0 Å². The maximum Gasteiger partial charge on any atom is 0.180 e. The molecule has 2 aromatic carbocycles. The summed E-state index contributed by atoms with van der Waals surface area (Å²) in [5, 5.41) is 12.4. The Bertz CT molecular complexity index is 1070. The van der Waals surface area contributed by atoms with Gasteiger partial charge in [-0.15, -0.1) is 0 Å². The number of hydrogen-bond donors (Lipinski definition) is 3. The molecule has 0 saturated carbocycles. The highest BCUT2D eigenvalue weighted by Crippen LogP contribution is 2.29. The quantitative estimate of drug-likeness (QED) is 0.449. The fraction of sp³-hybridized carbons (Fsp3) is 0.182. The van der Waals surface area contributed by atoms with Crippen molar-refractivity contribution in [2.45, 2.75) is 13.3 Å². The number of aromatic nitrogens is 3. The number of fused-ring (bicyclic) bond motifs is 1. The Morgan fingerprint density at radius 1 is 1.04 bits per heavy atom. The number of H-pyrrole nitrogens is 1. The predicted octanol–water partition coefficient (Wildman–Crippen LogP) is 4.30. The number of aliphatic hydroxyl groups is 1. The zero-order chi connectivity index (χ0) is 19.3. The van der Waals surface area contributed by atoms with Gasteiger partial charge in [0, 0.05) is 17.4 Å². The lowest BCUT2D eigenvalue weighted by Crippen LogP contribution is -2.01. The number of benzene rings is 2. The van der Waals surface area contributed by atoms with Crippen LogP contribution in [0.4, 0.5) is 11.4 Å². The molecule has 6 nitrogen and oxygen atoms in total. The third-order valence-corrected chi connectivity index (χ3v) is 4.55. The average Bonchev–Trinajstić information content (AvgIpc) is 3.18. The zero-order valence-corrected chi connectivity index (χ0v) is 15.6. The van der Waals surface area contributed by atoms with E-state index in [0.717, 1.165) is 34.7 Å². The second-order valence-electron chi connectivity index (χ2n) is 6.37. The summed E-state index contributed by atoms with van der Waals surface area (Å²) < 4.78 is 5.41. The number of hydrogen-bond acceptors (Lipinski definition) is 5. The van der Waals surface area contributed by atoms with Crippen molar-refractivity contribution in [1.29, 1.82) is 0 Å². The summed E-state index contributed by atoms with van der Waals surface area (Å²) >= 11 is 0. The van der Waals surface area contributed by atoms with Gasteiger partial charge in [0.1, 0.15) is 23.7 Å².